The van der Waals surface area contributed by atoms with Crippen LogP contribution in [0.3, 0.4) is 0 Å². The highest BCUT2D eigenvalue weighted by Crippen LogP contribution is 2.49. The minimum Gasteiger partial charge on any atom is -0.466 e. The van der Waals surface area contributed by atoms with E-state index in [1.165, 1.54) is 6.42 Å². The number of hydrogen-bond donors (Lipinski definition) is 0. The van der Waals surface area contributed by atoms with Gasteiger partial charge in [-0.15, -0.1) is 0 Å². The van der Waals surface area contributed by atoms with Crippen molar-refractivity contribution in [1.29, 1.82) is 0 Å². The third-order valence-electron chi connectivity index (χ3n) is 3.74. The van der Waals surface area contributed by atoms with Gasteiger partial charge < -0.3 is 14.2 Å². The zero-order chi connectivity index (χ0) is 12.3. The maximum Gasteiger partial charge on any atom is 0.308 e. The predicted octanol–water partition coefficient (Wildman–Crippen LogP) is 1.91. The van der Waals surface area contributed by atoms with Gasteiger partial charge >= 0.3 is 5.97 Å². The molecule has 3 atom stereocenters. The van der Waals surface area contributed by atoms with E-state index in [0.717, 1.165) is 19.4 Å². The van der Waals surface area contributed by atoms with Gasteiger partial charge in [-0.25, -0.2) is 0 Å². The Labute approximate surface area is 103 Å². The Morgan fingerprint density at radius 2 is 2.35 bits per heavy atom. The van der Waals surface area contributed by atoms with Gasteiger partial charge in [0.1, 0.15) is 0 Å². The molecule has 1 heterocycles. The summed E-state index contributed by atoms with van der Waals surface area (Å²) in [5, 5.41) is 0. The van der Waals surface area contributed by atoms with Crippen molar-refractivity contribution in [2.24, 2.45) is 5.92 Å². The molecule has 2 aliphatic rings. The number of esters is 1. The van der Waals surface area contributed by atoms with Gasteiger partial charge in [-0.2, -0.15) is 0 Å². The summed E-state index contributed by atoms with van der Waals surface area (Å²) in [6, 6.07) is 0. The fourth-order valence-corrected chi connectivity index (χ4v) is 2.51. The molecule has 1 aliphatic carbocycles. The molecule has 1 saturated heterocycles. The number of ether oxygens (including phenoxy) is 3. The van der Waals surface area contributed by atoms with Crippen molar-refractivity contribution in [1.82, 2.24) is 0 Å². The fourth-order valence-electron chi connectivity index (χ4n) is 2.51. The standard InChI is InChI=1S/C13H22O4/c1-3-16-12(14)5-7-15-9-10-4-6-13(2)11(8-10)17-13/h10-11H,3-9H2,1-2H3. The lowest BCUT2D eigenvalue weighted by atomic mass is 9.83. The van der Waals surface area contributed by atoms with E-state index < -0.39 is 0 Å². The van der Waals surface area contributed by atoms with Crippen molar-refractivity contribution in [2.75, 3.05) is 19.8 Å². The smallest absolute Gasteiger partial charge is 0.308 e. The molecular formula is C13H22O4. The highest BCUT2D eigenvalue weighted by molar-refractivity contribution is 5.69. The van der Waals surface area contributed by atoms with E-state index >= 15 is 0 Å². The van der Waals surface area contributed by atoms with Gasteiger partial charge in [0.2, 0.25) is 0 Å². The van der Waals surface area contributed by atoms with Crippen LogP contribution in [0.25, 0.3) is 0 Å². The normalized spacial score (nSPS) is 35.2. The average molecular weight is 242 g/mol. The summed E-state index contributed by atoms with van der Waals surface area (Å²) in [7, 11) is 0. The molecule has 4 heteroatoms. The third-order valence-corrected chi connectivity index (χ3v) is 3.74. The van der Waals surface area contributed by atoms with Crippen LogP contribution in [-0.4, -0.2) is 37.5 Å². The van der Waals surface area contributed by atoms with E-state index in [1.807, 2.05) is 6.92 Å². The average Bonchev–Trinajstić information content (AvgIpc) is 2.96. The molecule has 0 amide bonds. The monoisotopic (exact) mass is 242 g/mol. The molecule has 4 nitrogen and oxygen atoms in total. The Morgan fingerprint density at radius 3 is 3.06 bits per heavy atom. The quantitative estimate of drug-likeness (QED) is 0.405. The van der Waals surface area contributed by atoms with Gasteiger partial charge in [0.15, 0.2) is 0 Å². The Balaban J connectivity index is 1.53. The Bertz CT molecular complexity index is 279. The first-order valence-electron chi connectivity index (χ1n) is 6.55. The van der Waals surface area contributed by atoms with Crippen molar-refractivity contribution in [2.45, 2.75) is 51.2 Å². The van der Waals surface area contributed by atoms with E-state index in [0.29, 0.717) is 31.7 Å². The zero-order valence-electron chi connectivity index (χ0n) is 10.7. The predicted molar refractivity (Wildman–Crippen MR) is 62.7 cm³/mol. The fraction of sp³-hybridized carbons (Fsp3) is 0.923. The lowest BCUT2D eigenvalue weighted by molar-refractivity contribution is -0.144. The van der Waals surface area contributed by atoms with Crippen molar-refractivity contribution < 1.29 is 19.0 Å². The highest BCUT2D eigenvalue weighted by atomic mass is 16.6. The van der Waals surface area contributed by atoms with Crippen LogP contribution in [0.2, 0.25) is 0 Å². The SMILES string of the molecule is CCOC(=O)CCOCC1CCC2(C)OC2C1. The summed E-state index contributed by atoms with van der Waals surface area (Å²) < 4.78 is 16.0. The molecule has 0 aromatic carbocycles. The van der Waals surface area contributed by atoms with Crippen molar-refractivity contribution in [3.8, 4) is 0 Å². The number of carbonyl (C=O) groups is 1. The molecule has 1 saturated carbocycles. The van der Waals surface area contributed by atoms with E-state index in [9.17, 15) is 4.79 Å². The molecule has 0 bridgehead atoms. The Kier molecular flexibility index (Phi) is 4.05. The summed E-state index contributed by atoms with van der Waals surface area (Å²) in [6.45, 7) is 5.66. The second kappa shape index (κ2) is 5.36. The summed E-state index contributed by atoms with van der Waals surface area (Å²) in [4.78, 5) is 11.1. The van der Waals surface area contributed by atoms with Gasteiger partial charge in [0, 0.05) is 6.61 Å². The number of rotatable bonds is 6. The van der Waals surface area contributed by atoms with Crippen LogP contribution in [0, 0.1) is 5.92 Å². The molecule has 98 valence electrons. The summed E-state index contributed by atoms with van der Waals surface area (Å²) in [5.41, 5.74) is 0.182. The molecule has 0 spiro atoms. The first-order valence-corrected chi connectivity index (χ1v) is 6.55. The molecular weight excluding hydrogens is 220 g/mol. The first kappa shape index (κ1) is 12.8. The molecule has 17 heavy (non-hydrogen) atoms. The maximum atomic E-state index is 11.1. The van der Waals surface area contributed by atoms with E-state index in [2.05, 4.69) is 6.92 Å². The van der Waals surface area contributed by atoms with Crippen LogP contribution in [0.15, 0.2) is 0 Å². The van der Waals surface area contributed by atoms with Gasteiger partial charge in [0.25, 0.3) is 0 Å². The second-order valence-corrected chi connectivity index (χ2v) is 5.19. The Hall–Kier alpha value is -0.610. The molecule has 2 fully saturated rings. The summed E-state index contributed by atoms with van der Waals surface area (Å²) in [5.74, 6) is 0.423. The minimum atomic E-state index is -0.172. The third kappa shape index (κ3) is 3.42. The molecule has 2 rings (SSSR count). The largest absolute Gasteiger partial charge is 0.466 e. The molecule has 3 unspecified atom stereocenters. The van der Waals surface area contributed by atoms with Crippen LogP contribution >= 0.6 is 0 Å². The van der Waals surface area contributed by atoms with Crippen molar-refractivity contribution in [3.05, 3.63) is 0 Å². The molecule has 0 radical (unpaired) electrons. The molecule has 0 aromatic heterocycles. The van der Waals surface area contributed by atoms with E-state index in [1.54, 1.807) is 0 Å². The number of carbonyl (C=O) groups excluding carboxylic acids is 1. The van der Waals surface area contributed by atoms with Crippen molar-refractivity contribution in [3.63, 3.8) is 0 Å². The van der Waals surface area contributed by atoms with E-state index in [4.69, 9.17) is 14.2 Å². The molecule has 1 aliphatic heterocycles. The highest BCUT2D eigenvalue weighted by Gasteiger charge is 2.55. The Morgan fingerprint density at radius 1 is 1.53 bits per heavy atom. The zero-order valence-corrected chi connectivity index (χ0v) is 10.7. The van der Waals surface area contributed by atoms with Gasteiger partial charge in [-0.1, -0.05) is 0 Å². The van der Waals surface area contributed by atoms with Crippen LogP contribution in [0.1, 0.15) is 39.5 Å². The lowest BCUT2D eigenvalue weighted by Gasteiger charge is -2.22. The number of epoxide rings is 1. The van der Waals surface area contributed by atoms with Crippen LogP contribution < -0.4 is 0 Å². The number of hydrogen-bond acceptors (Lipinski definition) is 4. The lowest BCUT2D eigenvalue weighted by Crippen LogP contribution is -2.24. The number of fused-ring (bicyclic) bond motifs is 1. The molecule has 0 N–H and O–H groups in total. The molecule has 0 aromatic rings. The van der Waals surface area contributed by atoms with Crippen LogP contribution in [0.5, 0.6) is 0 Å². The van der Waals surface area contributed by atoms with Gasteiger partial charge in [-0.05, 0) is 39.0 Å². The second-order valence-electron chi connectivity index (χ2n) is 5.19. The summed E-state index contributed by atoms with van der Waals surface area (Å²) in [6.07, 6.45) is 4.24. The minimum absolute atomic E-state index is 0.172. The van der Waals surface area contributed by atoms with Crippen LogP contribution in [-0.2, 0) is 19.0 Å². The van der Waals surface area contributed by atoms with Gasteiger partial charge in [-0.3, -0.25) is 4.79 Å². The first-order chi connectivity index (χ1) is 8.14. The summed E-state index contributed by atoms with van der Waals surface area (Å²) >= 11 is 0. The van der Waals surface area contributed by atoms with Gasteiger partial charge in [0.05, 0.1) is 31.3 Å². The van der Waals surface area contributed by atoms with Crippen molar-refractivity contribution >= 4 is 5.97 Å². The van der Waals surface area contributed by atoms with E-state index in [-0.39, 0.29) is 11.6 Å². The topological polar surface area (TPSA) is 48.1 Å². The maximum absolute atomic E-state index is 11.1. The van der Waals surface area contributed by atoms with Crippen LogP contribution in [0.4, 0.5) is 0 Å².